The van der Waals surface area contributed by atoms with Gasteiger partial charge in [-0.2, -0.15) is 4.31 Å². The number of nitrogens with one attached hydrogen (secondary N) is 1. The summed E-state index contributed by atoms with van der Waals surface area (Å²) in [6.45, 7) is 1.30. The lowest BCUT2D eigenvalue weighted by atomic mass is 10.2. The predicted octanol–water partition coefficient (Wildman–Crippen LogP) is 2.38. The fourth-order valence-electron chi connectivity index (χ4n) is 2.94. The van der Waals surface area contributed by atoms with E-state index >= 15 is 0 Å². The van der Waals surface area contributed by atoms with Gasteiger partial charge < -0.3 is 19.5 Å². The van der Waals surface area contributed by atoms with Gasteiger partial charge in [0.15, 0.2) is 0 Å². The van der Waals surface area contributed by atoms with E-state index in [1.807, 2.05) is 12.1 Å². The normalized spacial score (nSPS) is 15.1. The van der Waals surface area contributed by atoms with E-state index in [1.54, 1.807) is 25.3 Å². The number of hydrogen-bond acceptors (Lipinski definition) is 6. The van der Waals surface area contributed by atoms with E-state index in [1.165, 1.54) is 35.7 Å². The molecule has 9 heteroatoms. The maximum absolute atomic E-state index is 12.9. The molecule has 30 heavy (non-hydrogen) atoms. The quantitative estimate of drug-likeness (QED) is 0.675. The number of amides is 1. The molecule has 0 bridgehead atoms. The van der Waals surface area contributed by atoms with Crippen LogP contribution in [0, 0.1) is 0 Å². The minimum Gasteiger partial charge on any atom is -0.497 e. The van der Waals surface area contributed by atoms with Crippen molar-refractivity contribution in [2.24, 2.45) is 0 Å². The Morgan fingerprint density at radius 3 is 2.40 bits per heavy atom. The second-order valence-electron chi connectivity index (χ2n) is 6.47. The van der Waals surface area contributed by atoms with Crippen LogP contribution in [0.3, 0.4) is 0 Å². The van der Waals surface area contributed by atoms with E-state index < -0.39 is 15.9 Å². The number of methoxy groups -OCH3 is 2. The Balaban J connectivity index is 1.77. The van der Waals surface area contributed by atoms with Crippen LogP contribution < -0.4 is 14.8 Å². The monoisotopic (exact) mass is 432 g/mol. The van der Waals surface area contributed by atoms with E-state index in [9.17, 15) is 13.2 Å². The van der Waals surface area contributed by atoms with Crippen LogP contribution in [0.2, 0.25) is 0 Å². The molecule has 1 amide bonds. The highest BCUT2D eigenvalue weighted by Crippen LogP contribution is 2.29. The van der Waals surface area contributed by atoms with Gasteiger partial charge in [0.05, 0.1) is 38.0 Å². The molecule has 8 nitrogen and oxygen atoms in total. The van der Waals surface area contributed by atoms with Crippen LogP contribution in [-0.4, -0.2) is 59.2 Å². The first-order valence-electron chi connectivity index (χ1n) is 9.33. The molecule has 0 saturated carbocycles. The van der Waals surface area contributed by atoms with Gasteiger partial charge in [0.1, 0.15) is 11.5 Å². The number of benzene rings is 2. The van der Waals surface area contributed by atoms with Gasteiger partial charge in [-0.3, -0.25) is 4.79 Å². The molecule has 2 aromatic rings. The summed E-state index contributed by atoms with van der Waals surface area (Å²) in [5.41, 5.74) is 1.10. The standard InChI is InChI=1S/C21H24N2O6S/c1-27-17-6-3-16(4-7-17)5-10-21(24)22-19-15-18(8-9-20(19)28-2)30(25,26)23-11-13-29-14-12-23/h3-10,15H,11-14H2,1-2H3,(H,22,24). The number of morpholine rings is 1. The van der Waals surface area contributed by atoms with Crippen molar-refractivity contribution in [3.63, 3.8) is 0 Å². The number of rotatable bonds is 7. The van der Waals surface area contributed by atoms with Gasteiger partial charge in [-0.05, 0) is 42.0 Å². The third-order valence-electron chi connectivity index (χ3n) is 4.58. The molecular formula is C21H24N2O6S. The maximum atomic E-state index is 12.9. The largest absolute Gasteiger partial charge is 0.497 e. The Labute approximate surface area is 176 Å². The fourth-order valence-corrected chi connectivity index (χ4v) is 4.38. The molecule has 0 aromatic heterocycles. The van der Waals surface area contributed by atoms with Crippen LogP contribution in [-0.2, 0) is 19.6 Å². The first-order valence-corrected chi connectivity index (χ1v) is 10.8. The average molecular weight is 432 g/mol. The molecule has 3 rings (SSSR count). The van der Waals surface area contributed by atoms with Crippen molar-refractivity contribution in [3.05, 3.63) is 54.1 Å². The number of ether oxygens (including phenoxy) is 3. The number of hydrogen-bond donors (Lipinski definition) is 1. The Morgan fingerprint density at radius 1 is 1.07 bits per heavy atom. The summed E-state index contributed by atoms with van der Waals surface area (Å²) < 4.78 is 42.7. The summed E-state index contributed by atoms with van der Waals surface area (Å²) in [6.07, 6.45) is 3.01. The minimum atomic E-state index is -3.69. The molecule has 0 radical (unpaired) electrons. The van der Waals surface area contributed by atoms with Gasteiger partial charge in [0.2, 0.25) is 15.9 Å². The topological polar surface area (TPSA) is 94.2 Å². The second-order valence-corrected chi connectivity index (χ2v) is 8.41. The molecule has 1 heterocycles. The second kappa shape index (κ2) is 9.75. The van der Waals surface area contributed by atoms with Gasteiger partial charge in [0, 0.05) is 19.2 Å². The first-order chi connectivity index (χ1) is 14.4. The summed E-state index contributed by atoms with van der Waals surface area (Å²) in [4.78, 5) is 12.5. The van der Waals surface area contributed by atoms with Crippen LogP contribution in [0.5, 0.6) is 11.5 Å². The van der Waals surface area contributed by atoms with Gasteiger partial charge in [0.25, 0.3) is 0 Å². The van der Waals surface area contributed by atoms with Crippen molar-refractivity contribution < 1.29 is 27.4 Å². The Bertz CT molecular complexity index is 1010. The van der Waals surface area contributed by atoms with Gasteiger partial charge in [-0.15, -0.1) is 0 Å². The lowest BCUT2D eigenvalue weighted by Crippen LogP contribution is -2.40. The Morgan fingerprint density at radius 2 is 1.77 bits per heavy atom. The highest BCUT2D eigenvalue weighted by molar-refractivity contribution is 7.89. The number of nitrogens with zero attached hydrogens (tertiary/aromatic N) is 1. The zero-order valence-corrected chi connectivity index (χ0v) is 17.6. The molecule has 1 saturated heterocycles. The summed E-state index contributed by atoms with van der Waals surface area (Å²) in [5, 5.41) is 2.69. The summed E-state index contributed by atoms with van der Waals surface area (Å²) in [5.74, 6) is 0.673. The molecule has 1 N–H and O–H groups in total. The SMILES string of the molecule is COc1ccc(C=CC(=O)Nc2cc(S(=O)(=O)N3CCOCC3)ccc2OC)cc1. The van der Waals surface area contributed by atoms with Crippen LogP contribution in [0.4, 0.5) is 5.69 Å². The lowest BCUT2D eigenvalue weighted by molar-refractivity contribution is -0.111. The van der Waals surface area contributed by atoms with Crippen LogP contribution in [0.15, 0.2) is 53.4 Å². The predicted molar refractivity (Wildman–Crippen MR) is 113 cm³/mol. The third kappa shape index (κ3) is 5.18. The van der Waals surface area contributed by atoms with E-state index in [4.69, 9.17) is 14.2 Å². The minimum absolute atomic E-state index is 0.0830. The Kier molecular flexibility index (Phi) is 7.09. The fraction of sp³-hybridized carbons (Fsp3) is 0.286. The first kappa shape index (κ1) is 21.8. The van der Waals surface area contributed by atoms with Crippen molar-refractivity contribution in [3.8, 4) is 11.5 Å². The molecule has 1 aliphatic heterocycles. The molecule has 1 aliphatic rings. The maximum Gasteiger partial charge on any atom is 0.248 e. The van der Waals surface area contributed by atoms with Crippen LogP contribution in [0.25, 0.3) is 6.08 Å². The number of carbonyl (C=O) groups excluding carboxylic acids is 1. The van der Waals surface area contributed by atoms with Crippen molar-refractivity contribution in [1.29, 1.82) is 0 Å². The van der Waals surface area contributed by atoms with Gasteiger partial charge >= 0.3 is 0 Å². The average Bonchev–Trinajstić information content (AvgIpc) is 2.78. The number of carbonyl (C=O) groups is 1. The molecule has 0 atom stereocenters. The summed E-state index contributed by atoms with van der Waals surface area (Å²) in [7, 11) is -0.656. The molecule has 0 aliphatic carbocycles. The summed E-state index contributed by atoms with van der Waals surface area (Å²) >= 11 is 0. The van der Waals surface area contributed by atoms with Crippen molar-refractivity contribution in [1.82, 2.24) is 4.31 Å². The number of sulfonamides is 1. The van der Waals surface area contributed by atoms with Gasteiger partial charge in [-0.1, -0.05) is 12.1 Å². The van der Waals surface area contributed by atoms with Crippen molar-refractivity contribution in [2.75, 3.05) is 45.8 Å². The Hall–Kier alpha value is -2.88. The van der Waals surface area contributed by atoms with Crippen LogP contribution >= 0.6 is 0 Å². The summed E-state index contributed by atoms with van der Waals surface area (Å²) in [6, 6.07) is 11.6. The van der Waals surface area contributed by atoms with Crippen molar-refractivity contribution in [2.45, 2.75) is 4.90 Å². The molecule has 1 fully saturated rings. The van der Waals surface area contributed by atoms with Gasteiger partial charge in [-0.25, -0.2) is 8.42 Å². The highest BCUT2D eigenvalue weighted by Gasteiger charge is 2.27. The lowest BCUT2D eigenvalue weighted by Gasteiger charge is -2.26. The molecule has 0 spiro atoms. The molecule has 0 unspecified atom stereocenters. The smallest absolute Gasteiger partial charge is 0.248 e. The van der Waals surface area contributed by atoms with E-state index in [-0.39, 0.29) is 10.6 Å². The zero-order valence-electron chi connectivity index (χ0n) is 16.8. The van der Waals surface area contributed by atoms with Crippen molar-refractivity contribution >= 4 is 27.7 Å². The van der Waals surface area contributed by atoms with E-state index in [0.717, 1.165) is 11.3 Å². The third-order valence-corrected chi connectivity index (χ3v) is 6.47. The zero-order chi connectivity index (χ0) is 21.6. The molecular weight excluding hydrogens is 408 g/mol. The number of anilines is 1. The molecule has 2 aromatic carbocycles. The van der Waals surface area contributed by atoms with E-state index in [0.29, 0.717) is 32.1 Å². The van der Waals surface area contributed by atoms with E-state index in [2.05, 4.69) is 5.32 Å². The highest BCUT2D eigenvalue weighted by atomic mass is 32.2. The molecule has 160 valence electrons. The van der Waals surface area contributed by atoms with Crippen LogP contribution in [0.1, 0.15) is 5.56 Å².